The first-order valence-electron chi connectivity index (χ1n) is 2.85. The van der Waals surface area contributed by atoms with E-state index in [2.05, 4.69) is 6.08 Å². The van der Waals surface area contributed by atoms with Gasteiger partial charge in [-0.05, 0) is 19.1 Å². The molecule has 0 aromatic heterocycles. The van der Waals surface area contributed by atoms with E-state index in [1.165, 1.54) is 0 Å². The van der Waals surface area contributed by atoms with Gasteiger partial charge in [0.1, 0.15) is 0 Å². The molecule has 0 heterocycles. The van der Waals surface area contributed by atoms with Gasteiger partial charge < -0.3 is 0 Å². The molecule has 0 N–H and O–H groups in total. The van der Waals surface area contributed by atoms with E-state index in [1.54, 1.807) is 0 Å². The van der Waals surface area contributed by atoms with Crippen LogP contribution in [-0.4, -0.2) is 5.67 Å². The summed E-state index contributed by atoms with van der Waals surface area (Å²) in [5.41, 5.74) is -2.20. The zero-order valence-corrected chi connectivity index (χ0v) is 5.42. The van der Waals surface area contributed by atoms with Crippen LogP contribution in [0.3, 0.4) is 0 Å². The first-order chi connectivity index (χ1) is 4.54. The summed E-state index contributed by atoms with van der Waals surface area (Å²) >= 11 is 0. The van der Waals surface area contributed by atoms with Crippen molar-refractivity contribution in [3.8, 4) is 0 Å². The molecular formula is C7H6F3. The van der Waals surface area contributed by atoms with Crippen LogP contribution in [0.2, 0.25) is 0 Å². The summed E-state index contributed by atoms with van der Waals surface area (Å²) in [4.78, 5) is 0. The van der Waals surface area contributed by atoms with E-state index >= 15 is 0 Å². The van der Waals surface area contributed by atoms with Gasteiger partial charge in [0.2, 0.25) is 0 Å². The fourth-order valence-corrected chi connectivity index (χ4v) is 0.722. The Morgan fingerprint density at radius 2 is 2.20 bits per heavy atom. The van der Waals surface area contributed by atoms with Gasteiger partial charge in [0.25, 0.3) is 0 Å². The van der Waals surface area contributed by atoms with E-state index in [4.69, 9.17) is 0 Å². The predicted octanol–water partition coefficient (Wildman–Crippen LogP) is 2.63. The number of hydrogen-bond acceptors (Lipinski definition) is 0. The highest BCUT2D eigenvalue weighted by atomic mass is 19.2. The Balaban J connectivity index is 2.99. The molecule has 0 amide bonds. The Labute approximate surface area is 57.0 Å². The van der Waals surface area contributed by atoms with E-state index < -0.39 is 17.3 Å². The van der Waals surface area contributed by atoms with Crippen molar-refractivity contribution in [2.75, 3.05) is 0 Å². The molecule has 0 aromatic carbocycles. The second kappa shape index (κ2) is 2.15. The number of alkyl halides is 1. The zero-order valence-electron chi connectivity index (χ0n) is 5.42. The van der Waals surface area contributed by atoms with Crippen LogP contribution in [0, 0.1) is 6.08 Å². The minimum absolute atomic E-state index is 0.216. The first-order valence-corrected chi connectivity index (χ1v) is 2.85. The standard InChI is InChI=1S/C7H6F3/c1-7(10)4-2-3-5(8)6(7)9/h3H,4H2,1H3. The fourth-order valence-electron chi connectivity index (χ4n) is 0.722. The highest BCUT2D eigenvalue weighted by Gasteiger charge is 2.33. The van der Waals surface area contributed by atoms with Crippen LogP contribution in [0.15, 0.2) is 17.7 Å². The number of allylic oxidation sites excluding steroid dienone is 4. The second-order valence-electron chi connectivity index (χ2n) is 2.38. The molecule has 3 heteroatoms. The van der Waals surface area contributed by atoms with Gasteiger partial charge in [0, 0.05) is 6.42 Å². The molecule has 0 spiro atoms. The third-order valence-electron chi connectivity index (χ3n) is 1.33. The molecule has 0 aliphatic heterocycles. The molecule has 1 aliphatic rings. The molecule has 55 valence electrons. The van der Waals surface area contributed by atoms with Gasteiger partial charge >= 0.3 is 0 Å². The van der Waals surface area contributed by atoms with Gasteiger partial charge in [0.15, 0.2) is 17.3 Å². The second-order valence-corrected chi connectivity index (χ2v) is 2.38. The third-order valence-corrected chi connectivity index (χ3v) is 1.33. The highest BCUT2D eigenvalue weighted by molar-refractivity contribution is 5.25. The number of hydrogen-bond donors (Lipinski definition) is 0. The average Bonchev–Trinajstić information content (AvgIpc) is 1.83. The van der Waals surface area contributed by atoms with Crippen LogP contribution >= 0.6 is 0 Å². The van der Waals surface area contributed by atoms with E-state index in [0.29, 0.717) is 0 Å². The van der Waals surface area contributed by atoms with Crippen molar-refractivity contribution in [3.05, 3.63) is 23.8 Å². The first kappa shape index (κ1) is 7.38. The third kappa shape index (κ3) is 1.08. The Kier molecular flexibility index (Phi) is 1.58. The summed E-state index contributed by atoms with van der Waals surface area (Å²) < 4.78 is 37.4. The van der Waals surface area contributed by atoms with Gasteiger partial charge in [-0.3, -0.25) is 0 Å². The maximum atomic E-state index is 12.8. The molecular weight excluding hydrogens is 141 g/mol. The van der Waals surface area contributed by atoms with Crippen LogP contribution < -0.4 is 0 Å². The monoisotopic (exact) mass is 147 g/mol. The lowest BCUT2D eigenvalue weighted by atomic mass is 9.98. The molecule has 0 bridgehead atoms. The van der Waals surface area contributed by atoms with E-state index in [-0.39, 0.29) is 6.42 Å². The molecule has 1 rings (SSSR count). The predicted molar refractivity (Wildman–Crippen MR) is 31.2 cm³/mol. The smallest absolute Gasteiger partial charge is 0.173 e. The maximum absolute atomic E-state index is 12.8. The lowest BCUT2D eigenvalue weighted by molar-refractivity contribution is 0.188. The molecule has 0 saturated carbocycles. The van der Waals surface area contributed by atoms with Gasteiger partial charge in [-0.2, -0.15) is 0 Å². The van der Waals surface area contributed by atoms with E-state index in [0.717, 1.165) is 13.0 Å². The van der Waals surface area contributed by atoms with Crippen molar-refractivity contribution in [2.24, 2.45) is 0 Å². The molecule has 10 heavy (non-hydrogen) atoms. The molecule has 0 aromatic rings. The summed E-state index contributed by atoms with van der Waals surface area (Å²) in [5, 5.41) is 0. The lowest BCUT2D eigenvalue weighted by Gasteiger charge is -2.18. The molecule has 1 radical (unpaired) electrons. The Morgan fingerprint density at radius 3 is 2.60 bits per heavy atom. The summed E-state index contributed by atoms with van der Waals surface area (Å²) in [7, 11) is 0. The van der Waals surface area contributed by atoms with Gasteiger partial charge in [-0.1, -0.05) is 0 Å². The quantitative estimate of drug-likeness (QED) is 0.494. The minimum Gasteiger partial charge on any atom is -0.236 e. The Morgan fingerprint density at radius 1 is 1.60 bits per heavy atom. The molecule has 1 unspecified atom stereocenters. The van der Waals surface area contributed by atoms with E-state index in [9.17, 15) is 13.2 Å². The summed E-state index contributed by atoms with van der Waals surface area (Å²) in [5.74, 6) is -2.48. The SMILES string of the molecule is CC1(F)C[C]=CC(F)=C1F. The van der Waals surface area contributed by atoms with Crippen LogP contribution in [0.5, 0.6) is 0 Å². The van der Waals surface area contributed by atoms with Gasteiger partial charge in [-0.15, -0.1) is 0 Å². The Hall–Kier alpha value is -0.730. The minimum atomic E-state index is -2.20. The molecule has 0 fully saturated rings. The van der Waals surface area contributed by atoms with Crippen molar-refractivity contribution in [1.82, 2.24) is 0 Å². The topological polar surface area (TPSA) is 0 Å². The van der Waals surface area contributed by atoms with Crippen molar-refractivity contribution in [2.45, 2.75) is 19.0 Å². The van der Waals surface area contributed by atoms with Gasteiger partial charge in [-0.25, -0.2) is 13.2 Å². The van der Waals surface area contributed by atoms with Crippen LogP contribution in [0.1, 0.15) is 13.3 Å². The maximum Gasteiger partial charge on any atom is 0.173 e. The fraction of sp³-hybridized carbons (Fsp3) is 0.429. The number of rotatable bonds is 0. The summed E-state index contributed by atoms with van der Waals surface area (Å²) in [6, 6.07) is 0. The van der Waals surface area contributed by atoms with Crippen LogP contribution in [0.4, 0.5) is 13.2 Å². The lowest BCUT2D eigenvalue weighted by Crippen LogP contribution is -2.20. The molecule has 0 saturated heterocycles. The largest absolute Gasteiger partial charge is 0.236 e. The Bertz CT molecular complexity index is 201. The van der Waals surface area contributed by atoms with Crippen molar-refractivity contribution in [1.29, 1.82) is 0 Å². The number of halogens is 3. The van der Waals surface area contributed by atoms with Crippen molar-refractivity contribution in [3.63, 3.8) is 0 Å². The summed E-state index contributed by atoms with van der Waals surface area (Å²) in [6.45, 7) is 0.988. The van der Waals surface area contributed by atoms with Crippen molar-refractivity contribution < 1.29 is 13.2 Å². The highest BCUT2D eigenvalue weighted by Crippen LogP contribution is 2.33. The van der Waals surface area contributed by atoms with Gasteiger partial charge in [0.05, 0.1) is 0 Å². The molecule has 0 nitrogen and oxygen atoms in total. The van der Waals surface area contributed by atoms with Crippen molar-refractivity contribution >= 4 is 0 Å². The van der Waals surface area contributed by atoms with Crippen LogP contribution in [0.25, 0.3) is 0 Å². The normalized spacial score (nSPS) is 33.2. The van der Waals surface area contributed by atoms with Crippen LogP contribution in [-0.2, 0) is 0 Å². The molecule has 1 atom stereocenters. The average molecular weight is 147 g/mol. The molecule has 1 aliphatic carbocycles. The summed E-state index contributed by atoms with van der Waals surface area (Å²) in [6.07, 6.45) is 2.88. The van der Waals surface area contributed by atoms with E-state index in [1.807, 2.05) is 0 Å². The zero-order chi connectivity index (χ0) is 7.78.